The van der Waals surface area contributed by atoms with E-state index in [0.29, 0.717) is 0 Å². The van der Waals surface area contributed by atoms with Gasteiger partial charge in [0.15, 0.2) is 0 Å². The number of carbonyl (C=O) groups excluding carboxylic acids is 1. The molecule has 0 spiro atoms. The Morgan fingerprint density at radius 3 is 2.26 bits per heavy atom. The fourth-order valence-electron chi connectivity index (χ4n) is 2.63. The van der Waals surface area contributed by atoms with Crippen LogP contribution in [0.2, 0.25) is 0 Å². The van der Waals surface area contributed by atoms with Crippen LogP contribution in [-0.4, -0.2) is 36.7 Å². The average Bonchev–Trinajstić information content (AvgIpc) is 2.48. The van der Waals surface area contributed by atoms with Crippen LogP contribution in [0.1, 0.15) is 32.3 Å². The number of alkyl halides is 5. The maximum absolute atomic E-state index is 12.6. The number of halogens is 5. The van der Waals surface area contributed by atoms with E-state index in [9.17, 15) is 31.9 Å². The number of hydrogen-bond donors (Lipinski definition) is 2. The molecule has 2 unspecified atom stereocenters. The lowest BCUT2D eigenvalue weighted by Gasteiger charge is -2.36. The van der Waals surface area contributed by atoms with Gasteiger partial charge in [0.2, 0.25) is 5.91 Å². The van der Waals surface area contributed by atoms with E-state index in [-0.39, 0.29) is 11.3 Å². The minimum atomic E-state index is -5.00. The molecule has 27 heavy (non-hydrogen) atoms. The van der Waals surface area contributed by atoms with Crippen LogP contribution < -0.4 is 10.5 Å². The maximum Gasteiger partial charge on any atom is 0.522 e. The highest BCUT2D eigenvalue weighted by Gasteiger charge is 2.42. The first-order valence-electron chi connectivity index (χ1n) is 7.95. The summed E-state index contributed by atoms with van der Waals surface area (Å²) in [6.07, 6.45) is -6.42. The molecule has 3 N–H and O–H groups in total. The number of hydrogen-bond acceptors (Lipinski definition) is 4. The minimum Gasteiger partial charge on any atom is -0.435 e. The van der Waals surface area contributed by atoms with E-state index in [1.54, 1.807) is 20.8 Å². The van der Waals surface area contributed by atoms with Gasteiger partial charge in [-0.15, -0.1) is 13.2 Å². The summed E-state index contributed by atoms with van der Waals surface area (Å²) in [4.78, 5) is 12.0. The van der Waals surface area contributed by atoms with Crippen LogP contribution >= 0.6 is 0 Å². The van der Waals surface area contributed by atoms with Gasteiger partial charge in [0.05, 0.1) is 18.6 Å². The molecule has 0 aliphatic rings. The molecule has 0 aliphatic carbocycles. The Kier molecular flexibility index (Phi) is 7.56. The van der Waals surface area contributed by atoms with Gasteiger partial charge in [0.1, 0.15) is 5.75 Å². The van der Waals surface area contributed by atoms with Crippen molar-refractivity contribution in [1.82, 2.24) is 0 Å². The SMILES string of the molecule is CC(C)(C)C(O)C(C(N)=O)[C@@H](COC(F)(F)F)c1cccc(OC(F)F)c1. The highest BCUT2D eigenvalue weighted by Crippen LogP contribution is 2.37. The molecule has 0 aromatic heterocycles. The van der Waals surface area contributed by atoms with Crippen molar-refractivity contribution in [3.8, 4) is 5.75 Å². The van der Waals surface area contributed by atoms with Gasteiger partial charge >= 0.3 is 13.0 Å². The second-order valence-corrected chi connectivity index (χ2v) is 7.05. The zero-order valence-electron chi connectivity index (χ0n) is 15.0. The number of primary amides is 1. The normalized spacial score (nSPS) is 16.1. The maximum atomic E-state index is 12.6. The summed E-state index contributed by atoms with van der Waals surface area (Å²) >= 11 is 0. The number of ether oxygens (including phenoxy) is 2. The molecule has 0 saturated carbocycles. The first-order valence-corrected chi connectivity index (χ1v) is 7.95. The van der Waals surface area contributed by atoms with Crippen LogP contribution in [0.15, 0.2) is 24.3 Å². The summed E-state index contributed by atoms with van der Waals surface area (Å²) in [6, 6.07) is 4.82. The van der Waals surface area contributed by atoms with Crippen LogP contribution in [0, 0.1) is 11.3 Å². The molecule has 1 aromatic carbocycles. The van der Waals surface area contributed by atoms with Crippen LogP contribution in [0.3, 0.4) is 0 Å². The first kappa shape index (κ1) is 23.1. The number of aliphatic hydroxyl groups excluding tert-OH is 1. The fraction of sp³-hybridized carbons (Fsp3) is 0.588. The van der Waals surface area contributed by atoms with Gasteiger partial charge in [-0.3, -0.25) is 9.53 Å². The molecule has 0 heterocycles. The Balaban J connectivity index is 3.35. The van der Waals surface area contributed by atoms with Gasteiger partial charge in [-0.25, -0.2) is 0 Å². The zero-order chi connectivity index (χ0) is 21.0. The Morgan fingerprint density at radius 1 is 1.22 bits per heavy atom. The number of rotatable bonds is 8. The predicted molar refractivity (Wildman–Crippen MR) is 86.0 cm³/mol. The fourth-order valence-corrected chi connectivity index (χ4v) is 2.63. The Hall–Kier alpha value is -1.94. The lowest BCUT2D eigenvalue weighted by atomic mass is 9.73. The highest BCUT2D eigenvalue weighted by molar-refractivity contribution is 5.78. The molecule has 3 atom stereocenters. The molecular weight excluding hydrogens is 377 g/mol. The van der Waals surface area contributed by atoms with E-state index in [1.165, 1.54) is 18.2 Å². The Labute approximate surface area is 153 Å². The number of aliphatic hydroxyl groups is 1. The van der Waals surface area contributed by atoms with Crippen molar-refractivity contribution in [1.29, 1.82) is 0 Å². The van der Waals surface area contributed by atoms with E-state index in [1.807, 2.05) is 0 Å². The van der Waals surface area contributed by atoms with Crippen molar-refractivity contribution in [2.75, 3.05) is 6.61 Å². The molecule has 0 bridgehead atoms. The largest absolute Gasteiger partial charge is 0.522 e. The molecule has 1 aromatic rings. The van der Waals surface area contributed by atoms with Gasteiger partial charge in [-0.2, -0.15) is 8.78 Å². The monoisotopic (exact) mass is 399 g/mol. The number of benzene rings is 1. The summed E-state index contributed by atoms with van der Waals surface area (Å²) in [5.41, 5.74) is 4.48. The molecule has 5 nitrogen and oxygen atoms in total. The molecule has 1 rings (SSSR count). The number of amides is 1. The van der Waals surface area contributed by atoms with Crippen molar-refractivity contribution in [3.63, 3.8) is 0 Å². The van der Waals surface area contributed by atoms with E-state index in [4.69, 9.17) is 5.73 Å². The van der Waals surface area contributed by atoms with E-state index in [0.717, 1.165) is 6.07 Å². The van der Waals surface area contributed by atoms with Gasteiger partial charge < -0.3 is 15.6 Å². The first-order chi connectivity index (χ1) is 12.2. The second kappa shape index (κ2) is 8.83. The van der Waals surface area contributed by atoms with Gasteiger partial charge in [0.25, 0.3) is 0 Å². The van der Waals surface area contributed by atoms with Crippen molar-refractivity contribution in [2.24, 2.45) is 17.1 Å². The van der Waals surface area contributed by atoms with Crippen molar-refractivity contribution < 1.29 is 41.3 Å². The molecule has 0 radical (unpaired) electrons. The van der Waals surface area contributed by atoms with E-state index >= 15 is 0 Å². The molecule has 0 saturated heterocycles. The number of carbonyl (C=O) groups is 1. The van der Waals surface area contributed by atoms with Gasteiger partial charge in [-0.1, -0.05) is 32.9 Å². The van der Waals surface area contributed by atoms with Crippen LogP contribution in [0.5, 0.6) is 5.75 Å². The molecule has 10 heteroatoms. The lowest BCUT2D eigenvalue weighted by Crippen LogP contribution is -2.45. The van der Waals surface area contributed by atoms with Crippen LogP contribution in [-0.2, 0) is 9.53 Å². The summed E-state index contributed by atoms with van der Waals surface area (Å²) in [5.74, 6) is -4.17. The summed E-state index contributed by atoms with van der Waals surface area (Å²) in [5, 5.41) is 10.5. The summed E-state index contributed by atoms with van der Waals surface area (Å²) < 4.78 is 70.6. The minimum absolute atomic E-state index is 0.0319. The number of nitrogens with two attached hydrogens (primary N) is 1. The van der Waals surface area contributed by atoms with Crippen LogP contribution in [0.4, 0.5) is 22.0 Å². The highest BCUT2D eigenvalue weighted by atomic mass is 19.4. The van der Waals surface area contributed by atoms with Crippen molar-refractivity contribution in [2.45, 2.75) is 45.8 Å². The van der Waals surface area contributed by atoms with Gasteiger partial charge in [-0.05, 0) is 23.1 Å². The summed E-state index contributed by atoms with van der Waals surface area (Å²) in [6.45, 7) is 0.544. The molecule has 154 valence electrons. The Bertz CT molecular complexity index is 630. The van der Waals surface area contributed by atoms with Gasteiger partial charge in [0, 0.05) is 5.92 Å². The van der Waals surface area contributed by atoms with Crippen molar-refractivity contribution in [3.05, 3.63) is 29.8 Å². The van der Waals surface area contributed by atoms with Crippen LogP contribution in [0.25, 0.3) is 0 Å². The molecule has 1 amide bonds. The topological polar surface area (TPSA) is 81.8 Å². The van der Waals surface area contributed by atoms with Crippen molar-refractivity contribution >= 4 is 5.91 Å². The van der Waals surface area contributed by atoms with E-state index in [2.05, 4.69) is 9.47 Å². The zero-order valence-corrected chi connectivity index (χ0v) is 15.0. The second-order valence-electron chi connectivity index (χ2n) is 7.05. The third-order valence-electron chi connectivity index (χ3n) is 3.93. The third kappa shape index (κ3) is 7.30. The average molecular weight is 399 g/mol. The predicted octanol–water partition coefficient (Wildman–Crippen LogP) is 3.42. The smallest absolute Gasteiger partial charge is 0.435 e. The third-order valence-corrected chi connectivity index (χ3v) is 3.93. The van der Waals surface area contributed by atoms with E-state index < -0.39 is 48.8 Å². The quantitative estimate of drug-likeness (QED) is 0.657. The molecule has 0 fully saturated rings. The summed E-state index contributed by atoms with van der Waals surface area (Å²) in [7, 11) is 0. The molecule has 0 aliphatic heterocycles. The standard InChI is InChI=1S/C17H22F5NO4/c1-16(2,3)13(24)12(14(23)25)11(8-26-17(20,21)22)9-5-4-6-10(7-9)27-15(18)19/h4-7,11-13,15,24H,8H2,1-3H3,(H2,23,25)/t11-,12?,13?/m0/s1. The Morgan fingerprint density at radius 2 is 1.81 bits per heavy atom. The lowest BCUT2D eigenvalue weighted by molar-refractivity contribution is -0.327. The molecular formula is C17H22F5NO4.